The Bertz CT molecular complexity index is 1070. The number of esters is 3. The van der Waals surface area contributed by atoms with Gasteiger partial charge in [0.05, 0.1) is 6.42 Å². The third-order valence-electron chi connectivity index (χ3n) is 9.24. The summed E-state index contributed by atoms with van der Waals surface area (Å²) in [5.74, 6) is -1.09. The first-order chi connectivity index (χ1) is 27.0. The van der Waals surface area contributed by atoms with E-state index in [-0.39, 0.29) is 38.0 Å². The molecule has 0 amide bonds. The molecule has 55 heavy (non-hydrogen) atoms. The van der Waals surface area contributed by atoms with Gasteiger partial charge in [0, 0.05) is 12.8 Å². The van der Waals surface area contributed by atoms with Gasteiger partial charge in [-0.25, -0.2) is 0 Å². The fourth-order valence-corrected chi connectivity index (χ4v) is 5.93. The molecule has 0 aromatic carbocycles. The van der Waals surface area contributed by atoms with Crippen molar-refractivity contribution in [2.24, 2.45) is 0 Å². The Kier molecular flexibility index (Phi) is 41.1. The van der Waals surface area contributed by atoms with Gasteiger partial charge >= 0.3 is 17.9 Å². The summed E-state index contributed by atoms with van der Waals surface area (Å²) in [5.41, 5.74) is 0. The molecule has 0 aliphatic carbocycles. The Morgan fingerprint density at radius 3 is 1.27 bits per heavy atom. The summed E-state index contributed by atoms with van der Waals surface area (Å²) < 4.78 is 16.5. The molecular weight excluding hydrogens is 685 g/mol. The summed E-state index contributed by atoms with van der Waals surface area (Å²) in [4.78, 5) is 37.6. The second-order valence-corrected chi connectivity index (χ2v) is 14.6. The quantitative estimate of drug-likeness (QED) is 0.0268. The first-order valence-corrected chi connectivity index (χ1v) is 22.4. The van der Waals surface area contributed by atoms with Gasteiger partial charge in [-0.1, -0.05) is 190 Å². The minimum Gasteiger partial charge on any atom is -0.462 e. The molecule has 0 aromatic heterocycles. The number of hydrogen-bond acceptors (Lipinski definition) is 6. The molecule has 0 bridgehead atoms. The maximum Gasteiger partial charge on any atom is 0.309 e. The largest absolute Gasteiger partial charge is 0.462 e. The van der Waals surface area contributed by atoms with E-state index < -0.39 is 12.1 Å². The van der Waals surface area contributed by atoms with Crippen molar-refractivity contribution in [1.29, 1.82) is 0 Å². The van der Waals surface area contributed by atoms with Crippen LogP contribution in [0.3, 0.4) is 0 Å². The molecule has 0 rings (SSSR count). The van der Waals surface area contributed by atoms with E-state index in [1.165, 1.54) is 83.5 Å². The Labute approximate surface area is 338 Å². The number of hydrogen-bond donors (Lipinski definition) is 0. The van der Waals surface area contributed by atoms with E-state index in [2.05, 4.69) is 81.5 Å². The summed E-state index contributed by atoms with van der Waals surface area (Å²) in [5, 5.41) is 0. The van der Waals surface area contributed by atoms with Crippen molar-refractivity contribution in [1.82, 2.24) is 0 Å². The van der Waals surface area contributed by atoms with Crippen LogP contribution in [0.4, 0.5) is 0 Å². The molecule has 1 atom stereocenters. The van der Waals surface area contributed by atoms with Crippen molar-refractivity contribution in [2.75, 3.05) is 13.2 Å². The van der Waals surface area contributed by atoms with Crippen molar-refractivity contribution in [3.8, 4) is 0 Å². The number of carbonyl (C=O) groups is 3. The Morgan fingerprint density at radius 2 is 0.782 bits per heavy atom. The van der Waals surface area contributed by atoms with Gasteiger partial charge in [0.25, 0.3) is 0 Å². The standard InChI is InChI=1S/C49H82O6/c1-4-7-10-13-16-19-21-23-24-25-26-28-30-33-36-39-42-48(51)54-45-46(44-53-47(50)41-38-35-32-29-18-15-12-9-6-3)55-49(52)43-40-37-34-31-27-22-20-17-14-11-8-5-2/h8-9,11-12,17-18,20,27,29,31,35,38,46H,4-7,10,13-16,19,21-26,28,30,32-34,36-37,39-45H2,1-3H3/b11-8-,12-9-,20-17-,29-18-,31-27-,38-35-. The molecule has 6 nitrogen and oxygen atoms in total. The third kappa shape index (κ3) is 41.8. The minimum absolute atomic E-state index is 0.117. The van der Waals surface area contributed by atoms with E-state index in [9.17, 15) is 14.4 Å². The van der Waals surface area contributed by atoms with Gasteiger partial charge in [-0.05, 0) is 64.2 Å². The molecule has 1 unspecified atom stereocenters. The van der Waals surface area contributed by atoms with E-state index in [1.807, 2.05) is 6.08 Å². The second kappa shape index (κ2) is 43.6. The van der Waals surface area contributed by atoms with E-state index >= 15 is 0 Å². The average Bonchev–Trinajstić information content (AvgIpc) is 3.18. The lowest BCUT2D eigenvalue weighted by Gasteiger charge is -2.18. The van der Waals surface area contributed by atoms with E-state index in [0.717, 1.165) is 70.6 Å². The predicted molar refractivity (Wildman–Crippen MR) is 233 cm³/mol. The SMILES string of the molecule is CC/C=C\C/C=C\C/C=C\CCCCC(=O)OC(COC(=O)C/C=C\C/C=C\C/C=C\CC)COC(=O)CCCCCCCCCCCCCCCCCC. The zero-order valence-electron chi connectivity index (χ0n) is 35.7. The normalized spacial score (nSPS) is 12.7. The average molecular weight is 767 g/mol. The summed E-state index contributed by atoms with van der Waals surface area (Å²) >= 11 is 0. The molecular formula is C49H82O6. The number of unbranched alkanes of at least 4 members (excludes halogenated alkanes) is 17. The maximum atomic E-state index is 12.7. The lowest BCUT2D eigenvalue weighted by atomic mass is 10.0. The monoisotopic (exact) mass is 767 g/mol. The van der Waals surface area contributed by atoms with Crippen LogP contribution < -0.4 is 0 Å². The second-order valence-electron chi connectivity index (χ2n) is 14.6. The Morgan fingerprint density at radius 1 is 0.400 bits per heavy atom. The topological polar surface area (TPSA) is 78.9 Å². The zero-order chi connectivity index (χ0) is 40.1. The van der Waals surface area contributed by atoms with Crippen LogP contribution in [0.15, 0.2) is 72.9 Å². The van der Waals surface area contributed by atoms with Gasteiger partial charge in [0.2, 0.25) is 0 Å². The van der Waals surface area contributed by atoms with E-state index in [1.54, 1.807) is 6.08 Å². The Hall–Kier alpha value is -3.15. The van der Waals surface area contributed by atoms with Crippen LogP contribution in [0.2, 0.25) is 0 Å². The zero-order valence-corrected chi connectivity index (χ0v) is 35.7. The summed E-state index contributed by atoms with van der Waals surface area (Å²) in [7, 11) is 0. The van der Waals surface area contributed by atoms with Crippen LogP contribution in [0.25, 0.3) is 0 Å². The molecule has 314 valence electrons. The Balaban J connectivity index is 4.43. The fraction of sp³-hybridized carbons (Fsp3) is 0.694. The summed E-state index contributed by atoms with van der Waals surface area (Å²) in [6, 6.07) is 0. The molecule has 6 heteroatoms. The van der Waals surface area contributed by atoms with Crippen LogP contribution >= 0.6 is 0 Å². The lowest BCUT2D eigenvalue weighted by molar-refractivity contribution is -0.166. The lowest BCUT2D eigenvalue weighted by Crippen LogP contribution is -2.30. The highest BCUT2D eigenvalue weighted by atomic mass is 16.6. The van der Waals surface area contributed by atoms with Crippen LogP contribution in [0.1, 0.15) is 201 Å². The summed E-state index contributed by atoms with van der Waals surface area (Å²) in [6.07, 6.45) is 53.6. The molecule has 0 spiro atoms. The first kappa shape index (κ1) is 51.9. The molecule has 0 heterocycles. The number of rotatable bonds is 39. The number of allylic oxidation sites excluding steroid dienone is 11. The molecule has 0 aliphatic heterocycles. The molecule has 0 saturated carbocycles. The smallest absolute Gasteiger partial charge is 0.309 e. The highest BCUT2D eigenvalue weighted by Crippen LogP contribution is 2.14. The van der Waals surface area contributed by atoms with Crippen molar-refractivity contribution in [2.45, 2.75) is 207 Å². The third-order valence-corrected chi connectivity index (χ3v) is 9.24. The minimum atomic E-state index is -0.826. The highest BCUT2D eigenvalue weighted by Gasteiger charge is 2.19. The van der Waals surface area contributed by atoms with Gasteiger partial charge in [0.15, 0.2) is 6.10 Å². The van der Waals surface area contributed by atoms with Crippen LogP contribution in [-0.2, 0) is 28.6 Å². The molecule has 0 N–H and O–H groups in total. The van der Waals surface area contributed by atoms with Crippen molar-refractivity contribution < 1.29 is 28.6 Å². The van der Waals surface area contributed by atoms with E-state index in [4.69, 9.17) is 14.2 Å². The molecule has 0 radical (unpaired) electrons. The highest BCUT2D eigenvalue weighted by molar-refractivity contribution is 5.72. The number of carbonyl (C=O) groups excluding carboxylic acids is 3. The first-order valence-electron chi connectivity index (χ1n) is 22.4. The van der Waals surface area contributed by atoms with E-state index in [0.29, 0.717) is 12.8 Å². The maximum absolute atomic E-state index is 12.7. The van der Waals surface area contributed by atoms with Crippen molar-refractivity contribution >= 4 is 17.9 Å². The van der Waals surface area contributed by atoms with Crippen LogP contribution in [0.5, 0.6) is 0 Å². The predicted octanol–water partition coefficient (Wildman–Crippen LogP) is 14.3. The van der Waals surface area contributed by atoms with Gasteiger partial charge in [0.1, 0.15) is 13.2 Å². The van der Waals surface area contributed by atoms with Crippen molar-refractivity contribution in [3.63, 3.8) is 0 Å². The molecule has 0 aromatic rings. The van der Waals surface area contributed by atoms with Crippen LogP contribution in [0, 0.1) is 0 Å². The van der Waals surface area contributed by atoms with Gasteiger partial charge < -0.3 is 14.2 Å². The van der Waals surface area contributed by atoms with Gasteiger partial charge in [-0.15, -0.1) is 0 Å². The van der Waals surface area contributed by atoms with Crippen molar-refractivity contribution in [3.05, 3.63) is 72.9 Å². The summed E-state index contributed by atoms with van der Waals surface area (Å²) in [6.45, 7) is 6.26. The number of ether oxygens (including phenoxy) is 3. The fourth-order valence-electron chi connectivity index (χ4n) is 5.93. The van der Waals surface area contributed by atoms with Gasteiger partial charge in [-0.3, -0.25) is 14.4 Å². The van der Waals surface area contributed by atoms with Gasteiger partial charge in [-0.2, -0.15) is 0 Å². The molecule has 0 aliphatic rings. The van der Waals surface area contributed by atoms with Crippen LogP contribution in [-0.4, -0.2) is 37.2 Å². The molecule has 0 saturated heterocycles. The molecule has 0 fully saturated rings.